The van der Waals surface area contributed by atoms with Crippen LogP contribution in [0.25, 0.3) is 0 Å². The van der Waals surface area contributed by atoms with Crippen molar-refractivity contribution in [1.29, 1.82) is 0 Å². The lowest BCUT2D eigenvalue weighted by Crippen LogP contribution is -2.31. The number of nitrogens with zero attached hydrogens (tertiary/aromatic N) is 1. The third kappa shape index (κ3) is 4.65. The number of hydrogen-bond donors (Lipinski definition) is 0. The van der Waals surface area contributed by atoms with E-state index in [2.05, 4.69) is 26.0 Å². The molecule has 25 heavy (non-hydrogen) atoms. The van der Waals surface area contributed by atoms with Crippen molar-refractivity contribution in [3.8, 4) is 5.75 Å². The van der Waals surface area contributed by atoms with Crippen LogP contribution < -0.4 is 4.74 Å². The van der Waals surface area contributed by atoms with Crippen LogP contribution in [0.1, 0.15) is 67.3 Å². The summed E-state index contributed by atoms with van der Waals surface area (Å²) in [4.78, 5) is 14.4. The Balaban J connectivity index is 1.56. The molecule has 2 aromatic rings. The van der Waals surface area contributed by atoms with E-state index in [-0.39, 0.29) is 5.91 Å². The Labute approximate surface area is 149 Å². The lowest BCUT2D eigenvalue weighted by Gasteiger charge is -2.18. The van der Waals surface area contributed by atoms with E-state index in [0.717, 1.165) is 31.7 Å². The van der Waals surface area contributed by atoms with E-state index in [1.54, 1.807) is 6.07 Å². The predicted octanol–water partition coefficient (Wildman–Crippen LogP) is 5.00. The Kier molecular flexibility index (Phi) is 5.79. The fourth-order valence-electron chi connectivity index (χ4n) is 3.10. The Hall–Kier alpha value is -2.23. The first-order valence-corrected chi connectivity index (χ1v) is 9.24. The molecule has 1 aromatic heterocycles. The van der Waals surface area contributed by atoms with Gasteiger partial charge in [-0.25, -0.2) is 0 Å². The molecule has 1 amide bonds. The number of hydrogen-bond acceptors (Lipinski definition) is 3. The molecule has 0 spiro atoms. The normalized spacial score (nSPS) is 15.2. The molecular weight excluding hydrogens is 314 g/mol. The minimum Gasteiger partial charge on any atom is -0.486 e. The van der Waals surface area contributed by atoms with Crippen molar-refractivity contribution in [2.75, 3.05) is 13.1 Å². The quantitative estimate of drug-likeness (QED) is 0.769. The van der Waals surface area contributed by atoms with Crippen molar-refractivity contribution in [1.82, 2.24) is 4.90 Å². The zero-order valence-corrected chi connectivity index (χ0v) is 15.2. The van der Waals surface area contributed by atoms with Crippen LogP contribution in [0, 0.1) is 0 Å². The molecule has 134 valence electrons. The minimum atomic E-state index is -0.00515. The monoisotopic (exact) mass is 341 g/mol. The van der Waals surface area contributed by atoms with Crippen LogP contribution in [-0.4, -0.2) is 23.9 Å². The fraction of sp³-hybridized carbons (Fsp3) is 0.476. The number of carbonyl (C=O) groups is 1. The fourth-order valence-corrected chi connectivity index (χ4v) is 3.10. The van der Waals surface area contributed by atoms with Gasteiger partial charge in [0, 0.05) is 13.1 Å². The van der Waals surface area contributed by atoms with Crippen LogP contribution >= 0.6 is 0 Å². The third-order valence-electron chi connectivity index (χ3n) is 4.69. The second-order valence-corrected chi connectivity index (χ2v) is 6.98. The molecule has 4 nitrogen and oxygen atoms in total. The van der Waals surface area contributed by atoms with Gasteiger partial charge >= 0.3 is 0 Å². The highest BCUT2D eigenvalue weighted by Gasteiger charge is 2.20. The molecule has 0 saturated carbocycles. The summed E-state index contributed by atoms with van der Waals surface area (Å²) in [7, 11) is 0. The van der Waals surface area contributed by atoms with Crippen LogP contribution in [0.15, 0.2) is 40.8 Å². The highest BCUT2D eigenvalue weighted by molar-refractivity contribution is 5.91. The van der Waals surface area contributed by atoms with Crippen LogP contribution in [0.5, 0.6) is 5.75 Å². The molecule has 0 radical (unpaired) electrons. The molecule has 4 heteroatoms. The molecule has 1 aliphatic heterocycles. The Morgan fingerprint density at radius 3 is 2.36 bits per heavy atom. The highest BCUT2D eigenvalue weighted by atomic mass is 16.5. The smallest absolute Gasteiger partial charge is 0.289 e. The van der Waals surface area contributed by atoms with E-state index in [1.807, 2.05) is 23.1 Å². The number of rotatable bonds is 5. The van der Waals surface area contributed by atoms with Gasteiger partial charge in [-0.15, -0.1) is 0 Å². The topological polar surface area (TPSA) is 42.7 Å². The first kappa shape index (κ1) is 17.6. The number of benzene rings is 1. The summed E-state index contributed by atoms with van der Waals surface area (Å²) >= 11 is 0. The van der Waals surface area contributed by atoms with Gasteiger partial charge in [-0.2, -0.15) is 0 Å². The van der Waals surface area contributed by atoms with Gasteiger partial charge in [0.25, 0.3) is 5.91 Å². The minimum absolute atomic E-state index is 0.00515. The van der Waals surface area contributed by atoms with Gasteiger partial charge in [-0.1, -0.05) is 38.8 Å². The summed E-state index contributed by atoms with van der Waals surface area (Å²) in [6.07, 6.45) is 4.57. The second kappa shape index (κ2) is 8.24. The molecule has 0 N–H and O–H groups in total. The summed E-state index contributed by atoms with van der Waals surface area (Å²) in [5, 5.41) is 0. The second-order valence-electron chi connectivity index (χ2n) is 6.98. The number of carbonyl (C=O) groups excluding carboxylic acids is 1. The standard InChI is InChI=1S/C21H27NO3/c1-16(2)17-7-9-18(10-8-17)24-15-19-11-12-20(25-19)21(23)22-13-5-3-4-6-14-22/h7-12,16H,3-6,13-15H2,1-2H3. The maximum Gasteiger partial charge on any atom is 0.289 e. The molecule has 2 heterocycles. The van der Waals surface area contributed by atoms with Gasteiger partial charge in [0.15, 0.2) is 5.76 Å². The molecule has 1 saturated heterocycles. The maximum absolute atomic E-state index is 12.5. The van der Waals surface area contributed by atoms with Crippen molar-refractivity contribution in [3.63, 3.8) is 0 Å². The van der Waals surface area contributed by atoms with Gasteiger partial charge < -0.3 is 14.1 Å². The average Bonchev–Trinajstić information content (AvgIpc) is 2.93. The maximum atomic E-state index is 12.5. The summed E-state index contributed by atoms with van der Waals surface area (Å²) in [6, 6.07) is 11.7. The first-order chi connectivity index (χ1) is 12.1. The van der Waals surface area contributed by atoms with Crippen molar-refractivity contribution in [3.05, 3.63) is 53.5 Å². The van der Waals surface area contributed by atoms with Crippen molar-refractivity contribution < 1.29 is 13.9 Å². The number of likely N-dealkylation sites (tertiary alicyclic amines) is 1. The largest absolute Gasteiger partial charge is 0.486 e. The van der Waals surface area contributed by atoms with Gasteiger partial charge in [0.1, 0.15) is 18.1 Å². The molecule has 1 aromatic carbocycles. The number of furan rings is 1. The predicted molar refractivity (Wildman–Crippen MR) is 97.9 cm³/mol. The average molecular weight is 341 g/mol. The van der Waals surface area contributed by atoms with Crippen LogP contribution in [-0.2, 0) is 6.61 Å². The zero-order valence-electron chi connectivity index (χ0n) is 15.2. The summed E-state index contributed by atoms with van der Waals surface area (Å²) in [5.41, 5.74) is 1.29. The van der Waals surface area contributed by atoms with Crippen LogP contribution in [0.2, 0.25) is 0 Å². The van der Waals surface area contributed by atoms with Crippen LogP contribution in [0.4, 0.5) is 0 Å². The Morgan fingerprint density at radius 2 is 1.72 bits per heavy atom. The van der Waals surface area contributed by atoms with Crippen molar-refractivity contribution in [2.45, 2.75) is 52.1 Å². The van der Waals surface area contributed by atoms with E-state index < -0.39 is 0 Å². The van der Waals surface area contributed by atoms with Gasteiger partial charge in [0.2, 0.25) is 0 Å². The SMILES string of the molecule is CC(C)c1ccc(OCc2ccc(C(=O)N3CCCCCC3)o2)cc1. The molecule has 0 aliphatic carbocycles. The number of amides is 1. The van der Waals surface area contributed by atoms with Gasteiger partial charge in [-0.3, -0.25) is 4.79 Å². The molecule has 0 bridgehead atoms. The van der Waals surface area contributed by atoms with E-state index in [0.29, 0.717) is 24.0 Å². The Bertz CT molecular complexity index is 679. The molecule has 3 rings (SSSR count). The zero-order chi connectivity index (χ0) is 17.6. The van der Waals surface area contributed by atoms with E-state index in [4.69, 9.17) is 9.15 Å². The lowest BCUT2D eigenvalue weighted by molar-refractivity contribution is 0.0725. The van der Waals surface area contributed by atoms with Crippen LogP contribution in [0.3, 0.4) is 0 Å². The third-order valence-corrected chi connectivity index (χ3v) is 4.69. The van der Waals surface area contributed by atoms with Gasteiger partial charge in [0.05, 0.1) is 0 Å². The Morgan fingerprint density at radius 1 is 1.04 bits per heavy atom. The molecule has 0 unspecified atom stereocenters. The van der Waals surface area contributed by atoms with Crippen molar-refractivity contribution in [2.24, 2.45) is 0 Å². The van der Waals surface area contributed by atoms with E-state index in [1.165, 1.54) is 18.4 Å². The van der Waals surface area contributed by atoms with E-state index >= 15 is 0 Å². The highest BCUT2D eigenvalue weighted by Crippen LogP contribution is 2.20. The first-order valence-electron chi connectivity index (χ1n) is 9.24. The lowest BCUT2D eigenvalue weighted by atomic mass is 10.0. The summed E-state index contributed by atoms with van der Waals surface area (Å²) < 4.78 is 11.5. The number of ether oxygens (including phenoxy) is 1. The molecule has 1 aliphatic rings. The molecule has 1 fully saturated rings. The molecule has 0 atom stereocenters. The summed E-state index contributed by atoms with van der Waals surface area (Å²) in [6.45, 7) is 6.32. The summed E-state index contributed by atoms with van der Waals surface area (Å²) in [5.74, 6) is 2.39. The van der Waals surface area contributed by atoms with Gasteiger partial charge in [-0.05, 0) is 48.6 Å². The van der Waals surface area contributed by atoms with E-state index in [9.17, 15) is 4.79 Å². The molecular formula is C21H27NO3. The van der Waals surface area contributed by atoms with Crippen molar-refractivity contribution >= 4 is 5.91 Å².